The Balaban J connectivity index is 1.53. The van der Waals surface area contributed by atoms with E-state index in [0.29, 0.717) is 32.2 Å². The molecular weight excluding hydrogens is 395 g/mol. The molecule has 166 valence electrons. The molecule has 1 atom stereocenters. The van der Waals surface area contributed by atoms with E-state index in [9.17, 15) is 4.79 Å². The number of fused-ring (bicyclic) bond motifs is 4. The number of anilines is 1. The summed E-state index contributed by atoms with van der Waals surface area (Å²) >= 11 is 0. The highest BCUT2D eigenvalue weighted by Crippen LogP contribution is 2.47. The lowest BCUT2D eigenvalue weighted by molar-refractivity contribution is -0.149. The molecule has 1 spiro atoms. The molecule has 0 radical (unpaired) electrons. The molecule has 5 heterocycles. The van der Waals surface area contributed by atoms with Crippen molar-refractivity contribution < 1.29 is 13.9 Å². The van der Waals surface area contributed by atoms with Crippen LogP contribution in [0.15, 0.2) is 36.7 Å². The summed E-state index contributed by atoms with van der Waals surface area (Å²) in [5.41, 5.74) is 0.0497. The summed E-state index contributed by atoms with van der Waals surface area (Å²) in [6.45, 7) is 7.00. The van der Waals surface area contributed by atoms with Gasteiger partial charge in [-0.05, 0) is 43.0 Å². The molecule has 0 bridgehead atoms. The van der Waals surface area contributed by atoms with Crippen LogP contribution >= 0.6 is 0 Å². The summed E-state index contributed by atoms with van der Waals surface area (Å²) in [7, 11) is 0. The van der Waals surface area contributed by atoms with Crippen molar-refractivity contribution in [2.75, 3.05) is 37.7 Å². The Kier molecular flexibility index (Phi) is 5.04. The third-order valence-corrected chi connectivity index (χ3v) is 7.16. The number of likely N-dealkylation sites (tertiary alicyclic amines) is 1. The minimum absolute atomic E-state index is 0.148. The van der Waals surface area contributed by atoms with Crippen molar-refractivity contribution in [2.24, 2.45) is 5.92 Å². The van der Waals surface area contributed by atoms with Crippen LogP contribution in [0.5, 0.6) is 0 Å². The highest BCUT2D eigenvalue weighted by Gasteiger charge is 2.53. The molecule has 3 aliphatic heterocycles. The van der Waals surface area contributed by atoms with Crippen molar-refractivity contribution >= 4 is 11.6 Å². The summed E-state index contributed by atoms with van der Waals surface area (Å²) in [4.78, 5) is 22.1. The van der Waals surface area contributed by atoms with E-state index in [1.165, 1.54) is 0 Å². The van der Waals surface area contributed by atoms with Gasteiger partial charge in [0.25, 0.3) is 5.91 Å². The fourth-order valence-corrected chi connectivity index (χ4v) is 5.41. The number of rotatable bonds is 4. The zero-order valence-corrected chi connectivity index (χ0v) is 18.4. The first-order valence-corrected chi connectivity index (χ1v) is 11.4. The first-order valence-electron chi connectivity index (χ1n) is 11.4. The predicted molar refractivity (Wildman–Crippen MR) is 117 cm³/mol. The zero-order chi connectivity index (χ0) is 21.6. The van der Waals surface area contributed by atoms with Crippen molar-refractivity contribution in [1.29, 1.82) is 0 Å². The van der Waals surface area contributed by atoms with Crippen LogP contribution in [0.4, 0.5) is 10.1 Å². The maximum atomic E-state index is 15.5. The first kappa shape index (κ1) is 20.5. The minimum Gasteiger partial charge on any atom is -0.381 e. The van der Waals surface area contributed by atoms with Gasteiger partial charge in [0.05, 0.1) is 24.6 Å². The van der Waals surface area contributed by atoms with Crippen LogP contribution in [0, 0.1) is 5.92 Å². The molecule has 0 aromatic carbocycles. The van der Waals surface area contributed by atoms with Crippen molar-refractivity contribution in [2.45, 2.75) is 50.7 Å². The Morgan fingerprint density at radius 2 is 2.03 bits per heavy atom. The van der Waals surface area contributed by atoms with E-state index in [2.05, 4.69) is 40.4 Å². The Morgan fingerprint density at radius 1 is 1.23 bits per heavy atom. The Morgan fingerprint density at radius 3 is 2.81 bits per heavy atom. The number of aromatic nitrogens is 2. The van der Waals surface area contributed by atoms with Crippen LogP contribution in [-0.2, 0) is 15.1 Å². The maximum Gasteiger partial charge on any atom is 0.260 e. The molecule has 0 N–H and O–H groups in total. The van der Waals surface area contributed by atoms with Crippen LogP contribution in [0.3, 0.4) is 0 Å². The number of ether oxygens (including phenoxy) is 1. The van der Waals surface area contributed by atoms with Crippen molar-refractivity contribution in [3.63, 3.8) is 0 Å². The average molecular weight is 427 g/mol. The van der Waals surface area contributed by atoms with Gasteiger partial charge >= 0.3 is 0 Å². The lowest BCUT2D eigenvalue weighted by Crippen LogP contribution is -2.55. The molecule has 3 aliphatic rings. The van der Waals surface area contributed by atoms with E-state index in [1.807, 2.05) is 24.5 Å². The number of alkyl halides is 1. The first-order chi connectivity index (χ1) is 14.9. The lowest BCUT2D eigenvalue weighted by Gasteiger charge is -2.47. The van der Waals surface area contributed by atoms with E-state index in [0.717, 1.165) is 36.6 Å². The summed E-state index contributed by atoms with van der Waals surface area (Å²) in [6, 6.07) is 8.27. The lowest BCUT2D eigenvalue weighted by atomic mass is 9.88. The van der Waals surface area contributed by atoms with Gasteiger partial charge in [0, 0.05) is 44.9 Å². The van der Waals surface area contributed by atoms with Crippen LogP contribution in [0.25, 0.3) is 5.82 Å². The van der Waals surface area contributed by atoms with Gasteiger partial charge in [-0.15, -0.1) is 0 Å². The fraction of sp³-hybridized carbons (Fsp3) is 0.583. The molecule has 5 rings (SSSR count). The molecule has 2 saturated heterocycles. The van der Waals surface area contributed by atoms with Gasteiger partial charge < -0.3 is 19.1 Å². The van der Waals surface area contributed by atoms with Crippen molar-refractivity contribution in [1.82, 2.24) is 14.5 Å². The van der Waals surface area contributed by atoms with Gasteiger partial charge in [0.2, 0.25) is 0 Å². The molecule has 2 aromatic rings. The number of nitrogens with zero attached hydrogens (tertiary/aromatic N) is 4. The molecular formula is C24H31FN4O2. The van der Waals surface area contributed by atoms with Gasteiger partial charge in [-0.1, -0.05) is 13.8 Å². The molecule has 7 heteroatoms. The number of amides is 1. The molecule has 0 saturated carbocycles. The van der Waals surface area contributed by atoms with Crippen molar-refractivity contribution in [3.05, 3.63) is 42.4 Å². The van der Waals surface area contributed by atoms with E-state index < -0.39 is 5.67 Å². The van der Waals surface area contributed by atoms with Gasteiger partial charge in [-0.2, -0.15) is 0 Å². The van der Waals surface area contributed by atoms with E-state index in [-0.39, 0.29) is 24.3 Å². The Labute approximate surface area is 183 Å². The van der Waals surface area contributed by atoms with E-state index in [4.69, 9.17) is 4.74 Å². The maximum absolute atomic E-state index is 15.5. The fourth-order valence-electron chi connectivity index (χ4n) is 5.41. The predicted octanol–water partition coefficient (Wildman–Crippen LogP) is 3.68. The Hall–Kier alpha value is -2.41. The normalized spacial score (nSPS) is 24.5. The minimum atomic E-state index is -1.80. The summed E-state index contributed by atoms with van der Waals surface area (Å²) in [5.74, 6) is 1.11. The second-order valence-corrected chi connectivity index (χ2v) is 9.53. The van der Waals surface area contributed by atoms with Crippen LogP contribution in [0.2, 0.25) is 0 Å². The SMILES string of the molecule is CC(C)CCN1c2cccnc2-n2cccc2C12CCN(C(=O)C1(F)CCOCC1)C2. The number of carbonyl (C=O) groups excluding carboxylic acids is 1. The van der Waals surface area contributed by atoms with E-state index in [1.54, 1.807) is 4.90 Å². The van der Waals surface area contributed by atoms with Gasteiger partial charge in [0.1, 0.15) is 5.54 Å². The molecule has 2 fully saturated rings. The molecule has 2 aromatic heterocycles. The monoisotopic (exact) mass is 426 g/mol. The second-order valence-electron chi connectivity index (χ2n) is 9.53. The van der Waals surface area contributed by atoms with Crippen LogP contribution in [0.1, 0.15) is 45.2 Å². The molecule has 1 amide bonds. The van der Waals surface area contributed by atoms with Gasteiger partial charge in [0.15, 0.2) is 11.5 Å². The zero-order valence-electron chi connectivity index (χ0n) is 18.4. The second kappa shape index (κ2) is 7.62. The average Bonchev–Trinajstić information content (AvgIpc) is 3.42. The molecule has 6 nitrogen and oxygen atoms in total. The highest BCUT2D eigenvalue weighted by molar-refractivity contribution is 5.86. The third-order valence-electron chi connectivity index (χ3n) is 7.16. The van der Waals surface area contributed by atoms with Gasteiger partial charge in [-0.25, -0.2) is 9.37 Å². The summed E-state index contributed by atoms with van der Waals surface area (Å²) in [5, 5.41) is 0. The number of pyridine rings is 1. The third kappa shape index (κ3) is 3.25. The molecule has 0 aliphatic carbocycles. The number of halogens is 1. The topological polar surface area (TPSA) is 50.6 Å². The number of hydrogen-bond acceptors (Lipinski definition) is 4. The molecule has 1 unspecified atom stereocenters. The Bertz CT molecular complexity index is 968. The summed E-state index contributed by atoms with van der Waals surface area (Å²) < 4.78 is 23.0. The van der Waals surface area contributed by atoms with E-state index >= 15 is 4.39 Å². The van der Waals surface area contributed by atoms with Gasteiger partial charge in [-0.3, -0.25) is 4.79 Å². The molecule has 31 heavy (non-hydrogen) atoms. The van der Waals surface area contributed by atoms with Crippen LogP contribution < -0.4 is 4.90 Å². The highest BCUT2D eigenvalue weighted by atomic mass is 19.1. The number of carbonyl (C=O) groups is 1. The summed E-state index contributed by atoms with van der Waals surface area (Å²) in [6.07, 6.45) is 5.98. The standard InChI is InChI=1S/C24H31FN4O2/c1-18(2)7-13-29-19-5-3-11-26-21(19)28-12-4-6-20(28)24(29)8-14-27(17-24)22(30)23(25)9-15-31-16-10-23/h3-6,11-12,18H,7-10,13-17H2,1-2H3. The van der Waals surface area contributed by atoms with Crippen molar-refractivity contribution in [3.8, 4) is 5.82 Å². The largest absolute Gasteiger partial charge is 0.381 e. The van der Waals surface area contributed by atoms with Crippen LogP contribution in [-0.4, -0.2) is 58.9 Å². The smallest absolute Gasteiger partial charge is 0.260 e. The quantitative estimate of drug-likeness (QED) is 0.748. The number of hydrogen-bond donors (Lipinski definition) is 0.